The second-order valence-electron chi connectivity index (χ2n) is 5.22. The lowest BCUT2D eigenvalue weighted by Crippen LogP contribution is -2.29. The molecule has 0 aliphatic heterocycles. The third kappa shape index (κ3) is 15.3. The summed E-state index contributed by atoms with van der Waals surface area (Å²) >= 11 is 0. The highest BCUT2D eigenvalue weighted by atomic mass is 16.5. The first kappa shape index (κ1) is 20.9. The molecule has 0 aliphatic carbocycles. The van der Waals surface area contributed by atoms with Gasteiger partial charge in [-0.1, -0.05) is 26.2 Å². The standard InChI is InChI=1S/C16H32N2O4/c1-3-4-5-6-8-15(19)17-10-7-9-16(20)18-11-12-22-14-13-21-2/h3-14H2,1-2H3,(H,17,19)(H,18,20). The lowest BCUT2D eigenvalue weighted by Gasteiger charge is -2.07. The number of methoxy groups -OCH3 is 1. The predicted molar refractivity (Wildman–Crippen MR) is 86.7 cm³/mol. The van der Waals surface area contributed by atoms with Crippen LogP contribution in [-0.4, -0.2) is 51.8 Å². The number of ether oxygens (including phenoxy) is 2. The quantitative estimate of drug-likeness (QED) is 0.450. The predicted octanol–water partition coefficient (Wildman–Crippen LogP) is 1.63. The molecule has 0 aliphatic rings. The highest BCUT2D eigenvalue weighted by Gasteiger charge is 2.03. The van der Waals surface area contributed by atoms with Gasteiger partial charge in [0.15, 0.2) is 0 Å². The van der Waals surface area contributed by atoms with Crippen molar-refractivity contribution in [2.24, 2.45) is 0 Å². The molecule has 2 amide bonds. The van der Waals surface area contributed by atoms with Crippen molar-refractivity contribution in [3.63, 3.8) is 0 Å². The average Bonchev–Trinajstić information content (AvgIpc) is 2.51. The van der Waals surface area contributed by atoms with Gasteiger partial charge >= 0.3 is 0 Å². The third-order valence-corrected chi connectivity index (χ3v) is 3.16. The summed E-state index contributed by atoms with van der Waals surface area (Å²) in [4.78, 5) is 23.0. The number of carbonyl (C=O) groups excluding carboxylic acids is 2. The Labute approximate surface area is 134 Å². The summed E-state index contributed by atoms with van der Waals surface area (Å²) in [6, 6.07) is 0. The van der Waals surface area contributed by atoms with Gasteiger partial charge in [-0.15, -0.1) is 0 Å². The number of amides is 2. The van der Waals surface area contributed by atoms with Crippen LogP contribution < -0.4 is 10.6 Å². The highest BCUT2D eigenvalue weighted by Crippen LogP contribution is 2.01. The zero-order valence-corrected chi connectivity index (χ0v) is 14.1. The zero-order valence-electron chi connectivity index (χ0n) is 14.1. The van der Waals surface area contributed by atoms with Gasteiger partial charge in [0.25, 0.3) is 0 Å². The number of hydrogen-bond acceptors (Lipinski definition) is 4. The summed E-state index contributed by atoms with van der Waals surface area (Å²) in [6.07, 6.45) is 6.09. The van der Waals surface area contributed by atoms with Gasteiger partial charge in [-0.05, 0) is 12.8 Å². The maximum absolute atomic E-state index is 11.5. The molecule has 0 heterocycles. The molecule has 0 aromatic carbocycles. The first-order valence-electron chi connectivity index (χ1n) is 8.30. The van der Waals surface area contributed by atoms with E-state index in [9.17, 15) is 9.59 Å². The van der Waals surface area contributed by atoms with Crippen LogP contribution in [0.5, 0.6) is 0 Å². The molecule has 6 nitrogen and oxygen atoms in total. The number of carbonyl (C=O) groups is 2. The zero-order chi connectivity index (χ0) is 16.5. The van der Waals surface area contributed by atoms with Gasteiger partial charge < -0.3 is 20.1 Å². The summed E-state index contributed by atoms with van der Waals surface area (Å²) in [6.45, 7) is 4.81. The van der Waals surface area contributed by atoms with Gasteiger partial charge in [0.2, 0.25) is 11.8 Å². The second-order valence-corrected chi connectivity index (χ2v) is 5.22. The molecule has 2 N–H and O–H groups in total. The number of rotatable bonds is 15. The molecular formula is C16H32N2O4. The van der Waals surface area contributed by atoms with E-state index in [-0.39, 0.29) is 11.8 Å². The molecule has 0 atom stereocenters. The van der Waals surface area contributed by atoms with Crippen molar-refractivity contribution < 1.29 is 19.1 Å². The minimum Gasteiger partial charge on any atom is -0.382 e. The maximum Gasteiger partial charge on any atom is 0.220 e. The van der Waals surface area contributed by atoms with Crippen LogP contribution in [0.2, 0.25) is 0 Å². The Morgan fingerprint density at radius 3 is 2.18 bits per heavy atom. The molecule has 0 saturated heterocycles. The van der Waals surface area contributed by atoms with Crippen LogP contribution in [0.1, 0.15) is 51.9 Å². The molecule has 22 heavy (non-hydrogen) atoms. The minimum absolute atomic E-state index is 0.00691. The van der Waals surface area contributed by atoms with Crippen molar-refractivity contribution in [1.82, 2.24) is 10.6 Å². The lowest BCUT2D eigenvalue weighted by molar-refractivity contribution is -0.123. The monoisotopic (exact) mass is 316 g/mol. The Morgan fingerprint density at radius 2 is 1.50 bits per heavy atom. The Morgan fingerprint density at radius 1 is 0.818 bits per heavy atom. The van der Waals surface area contributed by atoms with Crippen molar-refractivity contribution in [2.75, 3.05) is 40.0 Å². The topological polar surface area (TPSA) is 76.7 Å². The molecule has 0 unspecified atom stereocenters. The Kier molecular flexibility index (Phi) is 15.4. The average molecular weight is 316 g/mol. The molecule has 0 radical (unpaired) electrons. The fourth-order valence-electron chi connectivity index (χ4n) is 1.87. The van der Waals surface area contributed by atoms with Crippen molar-refractivity contribution in [3.05, 3.63) is 0 Å². The van der Waals surface area contributed by atoms with E-state index in [1.165, 1.54) is 12.8 Å². The van der Waals surface area contributed by atoms with Crippen molar-refractivity contribution >= 4 is 11.8 Å². The maximum atomic E-state index is 11.5. The molecule has 6 heteroatoms. The summed E-state index contributed by atoms with van der Waals surface area (Å²) in [5.41, 5.74) is 0. The van der Waals surface area contributed by atoms with E-state index < -0.39 is 0 Å². The molecule has 0 rings (SSSR count). The van der Waals surface area contributed by atoms with E-state index in [0.29, 0.717) is 52.2 Å². The van der Waals surface area contributed by atoms with Gasteiger partial charge in [-0.25, -0.2) is 0 Å². The first-order valence-corrected chi connectivity index (χ1v) is 8.30. The van der Waals surface area contributed by atoms with Gasteiger partial charge in [0.1, 0.15) is 0 Å². The number of unbranched alkanes of at least 4 members (excludes halogenated alkanes) is 3. The van der Waals surface area contributed by atoms with Crippen LogP contribution >= 0.6 is 0 Å². The van der Waals surface area contributed by atoms with Crippen molar-refractivity contribution in [3.8, 4) is 0 Å². The smallest absolute Gasteiger partial charge is 0.220 e. The summed E-state index contributed by atoms with van der Waals surface area (Å²) in [5, 5.41) is 5.63. The Bertz CT molecular complexity index is 285. The third-order valence-electron chi connectivity index (χ3n) is 3.16. The van der Waals surface area contributed by atoms with Gasteiger partial charge in [-0.3, -0.25) is 9.59 Å². The Balaban J connectivity index is 3.32. The fourth-order valence-corrected chi connectivity index (χ4v) is 1.87. The Hall–Kier alpha value is -1.14. The number of hydrogen-bond donors (Lipinski definition) is 2. The SMILES string of the molecule is CCCCCCC(=O)NCCCC(=O)NCCOCCOC. The van der Waals surface area contributed by atoms with Crippen LogP contribution in [0.4, 0.5) is 0 Å². The number of nitrogens with one attached hydrogen (secondary N) is 2. The molecule has 0 spiro atoms. The molecular weight excluding hydrogens is 284 g/mol. The summed E-state index contributed by atoms with van der Waals surface area (Å²) in [5.74, 6) is 0.0793. The van der Waals surface area contributed by atoms with Gasteiger partial charge in [0.05, 0.1) is 19.8 Å². The first-order chi connectivity index (χ1) is 10.7. The van der Waals surface area contributed by atoms with E-state index in [4.69, 9.17) is 9.47 Å². The highest BCUT2D eigenvalue weighted by molar-refractivity contribution is 5.77. The van der Waals surface area contributed by atoms with E-state index in [1.54, 1.807) is 7.11 Å². The van der Waals surface area contributed by atoms with Gasteiger partial charge in [-0.2, -0.15) is 0 Å². The molecule has 0 fully saturated rings. The van der Waals surface area contributed by atoms with Crippen LogP contribution in [0.3, 0.4) is 0 Å². The van der Waals surface area contributed by atoms with Crippen LogP contribution in [0.15, 0.2) is 0 Å². The fraction of sp³-hybridized carbons (Fsp3) is 0.875. The largest absolute Gasteiger partial charge is 0.382 e. The second kappa shape index (κ2) is 16.2. The van der Waals surface area contributed by atoms with Crippen molar-refractivity contribution in [1.29, 1.82) is 0 Å². The molecule has 0 aromatic heterocycles. The molecule has 0 aromatic rings. The van der Waals surface area contributed by atoms with E-state index >= 15 is 0 Å². The van der Waals surface area contributed by atoms with E-state index in [0.717, 1.165) is 12.8 Å². The lowest BCUT2D eigenvalue weighted by atomic mass is 10.1. The van der Waals surface area contributed by atoms with Crippen LogP contribution in [-0.2, 0) is 19.1 Å². The van der Waals surface area contributed by atoms with Gasteiger partial charge in [0, 0.05) is 33.0 Å². The van der Waals surface area contributed by atoms with Crippen molar-refractivity contribution in [2.45, 2.75) is 51.9 Å². The minimum atomic E-state index is -0.00691. The molecule has 0 saturated carbocycles. The summed E-state index contributed by atoms with van der Waals surface area (Å²) < 4.78 is 10.1. The van der Waals surface area contributed by atoms with E-state index in [1.807, 2.05) is 0 Å². The van der Waals surface area contributed by atoms with Crippen LogP contribution in [0, 0.1) is 0 Å². The summed E-state index contributed by atoms with van der Waals surface area (Å²) in [7, 11) is 1.62. The van der Waals surface area contributed by atoms with E-state index in [2.05, 4.69) is 17.6 Å². The molecule has 130 valence electrons. The normalized spacial score (nSPS) is 10.5. The molecule has 0 bridgehead atoms. The van der Waals surface area contributed by atoms with Crippen LogP contribution in [0.25, 0.3) is 0 Å².